The van der Waals surface area contributed by atoms with Crippen molar-refractivity contribution >= 4 is 11.8 Å². The number of hydrogen-bond donors (Lipinski definition) is 1. The third-order valence-corrected chi connectivity index (χ3v) is 4.60. The van der Waals surface area contributed by atoms with Crippen LogP contribution in [0.3, 0.4) is 0 Å². The van der Waals surface area contributed by atoms with E-state index in [0.717, 1.165) is 38.9 Å². The topological polar surface area (TPSA) is 52.7 Å². The van der Waals surface area contributed by atoms with E-state index in [0.29, 0.717) is 12.5 Å². The molecule has 2 saturated heterocycles. The van der Waals surface area contributed by atoms with Gasteiger partial charge in [-0.3, -0.25) is 14.5 Å². The van der Waals surface area contributed by atoms with Gasteiger partial charge in [0.1, 0.15) is 0 Å². The number of imide groups is 1. The third kappa shape index (κ3) is 3.20. The lowest BCUT2D eigenvalue weighted by Crippen LogP contribution is -2.51. The summed E-state index contributed by atoms with van der Waals surface area (Å²) in [5, 5.41) is 3.42. The average Bonchev–Trinajstić information content (AvgIpc) is 2.73. The van der Waals surface area contributed by atoms with Gasteiger partial charge in [0.15, 0.2) is 0 Å². The summed E-state index contributed by atoms with van der Waals surface area (Å²) in [4.78, 5) is 28.2. The van der Waals surface area contributed by atoms with Crippen molar-refractivity contribution in [3.8, 4) is 0 Å². The summed E-state index contributed by atoms with van der Waals surface area (Å²) in [6, 6.07) is 0.0425. The molecule has 0 aromatic heterocycles. The fourth-order valence-electron chi connectivity index (χ4n) is 3.19. The molecule has 0 bridgehead atoms. The number of piperidine rings is 1. The van der Waals surface area contributed by atoms with Gasteiger partial charge in [-0.25, -0.2) is 0 Å². The summed E-state index contributed by atoms with van der Waals surface area (Å²) in [6.07, 6.45) is 3.40. The highest BCUT2D eigenvalue weighted by molar-refractivity contribution is 6.05. The number of likely N-dealkylation sites (tertiary alicyclic amines) is 2. The first-order chi connectivity index (χ1) is 9.56. The van der Waals surface area contributed by atoms with Gasteiger partial charge < -0.3 is 10.2 Å². The van der Waals surface area contributed by atoms with E-state index in [1.165, 1.54) is 4.90 Å². The van der Waals surface area contributed by atoms with E-state index in [1.54, 1.807) is 0 Å². The number of nitrogens with zero attached hydrogens (tertiary/aromatic N) is 2. The second-order valence-corrected chi connectivity index (χ2v) is 6.02. The number of rotatable bonds is 5. The van der Waals surface area contributed by atoms with Crippen LogP contribution in [-0.2, 0) is 9.59 Å². The third-order valence-electron chi connectivity index (χ3n) is 4.60. The molecule has 0 aromatic carbocycles. The van der Waals surface area contributed by atoms with E-state index in [2.05, 4.69) is 17.1 Å². The smallest absolute Gasteiger partial charge is 0.247 e. The first kappa shape index (κ1) is 15.4. The molecule has 2 aliphatic heterocycles. The fourth-order valence-corrected chi connectivity index (χ4v) is 3.19. The van der Waals surface area contributed by atoms with E-state index in [4.69, 9.17) is 0 Å². The number of likely N-dealkylation sites (N-methyl/N-ethyl adjacent to an activating group) is 1. The molecule has 2 amide bonds. The molecule has 0 radical (unpaired) electrons. The lowest BCUT2D eigenvalue weighted by Gasteiger charge is -2.33. The zero-order valence-corrected chi connectivity index (χ0v) is 12.9. The van der Waals surface area contributed by atoms with Crippen LogP contribution in [0.25, 0.3) is 0 Å². The Hall–Kier alpha value is -0.940. The Kier molecular flexibility index (Phi) is 5.16. The van der Waals surface area contributed by atoms with Crippen LogP contribution in [0, 0.1) is 0 Å². The van der Waals surface area contributed by atoms with Crippen LogP contribution in [0.4, 0.5) is 0 Å². The minimum Gasteiger partial charge on any atom is -0.302 e. The van der Waals surface area contributed by atoms with Crippen LogP contribution in [0.5, 0.6) is 0 Å². The van der Waals surface area contributed by atoms with E-state index in [-0.39, 0.29) is 23.9 Å². The van der Waals surface area contributed by atoms with Gasteiger partial charge in [-0.1, -0.05) is 13.8 Å². The van der Waals surface area contributed by atoms with E-state index in [1.807, 2.05) is 13.8 Å². The fraction of sp³-hybridized carbons (Fsp3) is 0.867. The minimum absolute atomic E-state index is 0.0142. The Morgan fingerprint density at radius 2 is 2.10 bits per heavy atom. The van der Waals surface area contributed by atoms with Gasteiger partial charge in [0.05, 0.1) is 12.5 Å². The molecule has 5 heteroatoms. The molecule has 3 unspecified atom stereocenters. The van der Waals surface area contributed by atoms with Gasteiger partial charge in [-0.2, -0.15) is 0 Å². The van der Waals surface area contributed by atoms with Gasteiger partial charge in [0.2, 0.25) is 11.8 Å². The summed E-state index contributed by atoms with van der Waals surface area (Å²) in [5.41, 5.74) is 0. The average molecular weight is 281 g/mol. The molecule has 0 aromatic rings. The molecule has 0 spiro atoms. The second-order valence-electron chi connectivity index (χ2n) is 6.02. The maximum atomic E-state index is 12.4. The van der Waals surface area contributed by atoms with E-state index in [9.17, 15) is 9.59 Å². The van der Waals surface area contributed by atoms with Gasteiger partial charge in [0.25, 0.3) is 0 Å². The monoisotopic (exact) mass is 281 g/mol. The molecule has 5 nitrogen and oxygen atoms in total. The van der Waals surface area contributed by atoms with Crippen molar-refractivity contribution in [1.82, 2.24) is 15.1 Å². The van der Waals surface area contributed by atoms with Crippen LogP contribution >= 0.6 is 0 Å². The quantitative estimate of drug-likeness (QED) is 0.764. The molecule has 20 heavy (non-hydrogen) atoms. The zero-order valence-electron chi connectivity index (χ0n) is 12.9. The molecule has 1 N–H and O–H groups in total. The van der Waals surface area contributed by atoms with Crippen LogP contribution in [0.1, 0.15) is 46.5 Å². The Labute approximate surface area is 121 Å². The number of carbonyl (C=O) groups is 2. The van der Waals surface area contributed by atoms with Crippen LogP contribution in [-0.4, -0.2) is 59.4 Å². The van der Waals surface area contributed by atoms with Gasteiger partial charge >= 0.3 is 0 Å². The van der Waals surface area contributed by atoms with Crippen LogP contribution in [0.15, 0.2) is 0 Å². The van der Waals surface area contributed by atoms with E-state index >= 15 is 0 Å². The van der Waals surface area contributed by atoms with Crippen molar-refractivity contribution in [2.45, 2.75) is 64.6 Å². The minimum atomic E-state index is -0.307. The summed E-state index contributed by atoms with van der Waals surface area (Å²) < 4.78 is 0. The van der Waals surface area contributed by atoms with Crippen molar-refractivity contribution in [3.05, 3.63) is 0 Å². The van der Waals surface area contributed by atoms with Crippen LogP contribution in [0.2, 0.25) is 0 Å². The highest BCUT2D eigenvalue weighted by Gasteiger charge is 2.41. The largest absolute Gasteiger partial charge is 0.302 e. The maximum Gasteiger partial charge on any atom is 0.247 e. The van der Waals surface area contributed by atoms with Crippen molar-refractivity contribution in [1.29, 1.82) is 0 Å². The lowest BCUT2D eigenvalue weighted by atomic mass is 10.0. The number of hydrogen-bond acceptors (Lipinski definition) is 4. The molecule has 2 aliphatic rings. The predicted molar refractivity (Wildman–Crippen MR) is 78.3 cm³/mol. The second kappa shape index (κ2) is 6.68. The highest BCUT2D eigenvalue weighted by Crippen LogP contribution is 2.20. The van der Waals surface area contributed by atoms with Gasteiger partial charge in [-0.15, -0.1) is 0 Å². The molecule has 3 atom stereocenters. The molecule has 114 valence electrons. The Balaban J connectivity index is 1.94. The Bertz CT molecular complexity index is 372. The number of carbonyl (C=O) groups excluding carboxylic acids is 2. The summed E-state index contributed by atoms with van der Waals surface area (Å²) in [6.45, 7) is 9.29. The van der Waals surface area contributed by atoms with Crippen molar-refractivity contribution < 1.29 is 9.59 Å². The van der Waals surface area contributed by atoms with Crippen molar-refractivity contribution in [2.24, 2.45) is 0 Å². The number of nitrogens with one attached hydrogen (secondary N) is 1. The Morgan fingerprint density at radius 3 is 2.75 bits per heavy atom. The van der Waals surface area contributed by atoms with Crippen molar-refractivity contribution in [2.75, 3.05) is 19.6 Å². The Morgan fingerprint density at radius 1 is 1.35 bits per heavy atom. The molecule has 2 rings (SSSR count). The van der Waals surface area contributed by atoms with E-state index < -0.39 is 0 Å². The summed E-state index contributed by atoms with van der Waals surface area (Å²) in [5.74, 6) is -0.0528. The normalized spacial score (nSPS) is 30.1. The molecule has 2 heterocycles. The summed E-state index contributed by atoms with van der Waals surface area (Å²) in [7, 11) is 0. The highest BCUT2D eigenvalue weighted by atomic mass is 16.2. The standard InChI is InChI=1S/C15H27N3O2/c1-4-11(3)18-14(19)9-13(15(18)20)16-12-7-6-8-17(5-2)10-12/h11-13,16H,4-10H2,1-3H3. The zero-order chi connectivity index (χ0) is 14.7. The van der Waals surface area contributed by atoms with Crippen molar-refractivity contribution in [3.63, 3.8) is 0 Å². The first-order valence-corrected chi connectivity index (χ1v) is 7.91. The summed E-state index contributed by atoms with van der Waals surface area (Å²) >= 11 is 0. The molecule has 0 saturated carbocycles. The lowest BCUT2D eigenvalue weighted by molar-refractivity contribution is -0.141. The predicted octanol–water partition coefficient (Wildman–Crippen LogP) is 0.986. The van der Waals surface area contributed by atoms with Gasteiger partial charge in [0, 0.05) is 18.6 Å². The molecular weight excluding hydrogens is 254 g/mol. The van der Waals surface area contributed by atoms with Crippen LogP contribution < -0.4 is 5.32 Å². The maximum absolute atomic E-state index is 12.4. The SMILES string of the molecule is CCC(C)N1C(=O)CC(NC2CCCN(CC)C2)C1=O. The molecule has 2 fully saturated rings. The molecular formula is C15H27N3O2. The molecule has 0 aliphatic carbocycles. The first-order valence-electron chi connectivity index (χ1n) is 7.91. The number of amides is 2. The van der Waals surface area contributed by atoms with Gasteiger partial charge in [-0.05, 0) is 39.3 Å².